The highest BCUT2D eigenvalue weighted by Crippen LogP contribution is 2.40. The van der Waals surface area contributed by atoms with Gasteiger partial charge >= 0.3 is 0 Å². The van der Waals surface area contributed by atoms with Crippen LogP contribution in [0.25, 0.3) is 0 Å². The third-order valence-corrected chi connectivity index (χ3v) is 3.91. The molecular weight excluding hydrogens is 238 g/mol. The molecule has 0 aromatic carbocycles. The smallest absolute Gasteiger partial charge is 0.0553 e. The SMILES string of the molecule is C=C=CC1=C(/C=C\C)N(CC)C(C)=C(/C=C\C)S1. The molecule has 1 heterocycles. The molecule has 0 amide bonds. The number of rotatable bonds is 4. The van der Waals surface area contributed by atoms with Crippen LogP contribution in [0.3, 0.4) is 0 Å². The third-order valence-electron chi connectivity index (χ3n) is 2.72. The van der Waals surface area contributed by atoms with E-state index < -0.39 is 0 Å². The van der Waals surface area contributed by atoms with Gasteiger partial charge in [-0.3, -0.25) is 0 Å². The van der Waals surface area contributed by atoms with Crippen LogP contribution < -0.4 is 0 Å². The molecular formula is C16H21NS. The van der Waals surface area contributed by atoms with Gasteiger partial charge < -0.3 is 4.90 Å². The van der Waals surface area contributed by atoms with Crippen molar-refractivity contribution in [1.82, 2.24) is 4.90 Å². The Morgan fingerprint density at radius 1 is 1.22 bits per heavy atom. The van der Waals surface area contributed by atoms with Crippen LogP contribution in [-0.4, -0.2) is 11.4 Å². The number of nitrogens with zero attached hydrogens (tertiary/aromatic N) is 1. The van der Waals surface area contributed by atoms with Gasteiger partial charge in [-0.25, -0.2) is 0 Å². The summed E-state index contributed by atoms with van der Waals surface area (Å²) >= 11 is 1.78. The minimum absolute atomic E-state index is 0.960. The predicted molar refractivity (Wildman–Crippen MR) is 83.0 cm³/mol. The van der Waals surface area contributed by atoms with Crippen molar-refractivity contribution in [2.75, 3.05) is 6.54 Å². The minimum atomic E-state index is 0.960. The van der Waals surface area contributed by atoms with Gasteiger partial charge in [0.1, 0.15) is 0 Å². The normalized spacial score (nSPS) is 17.0. The second-order valence-corrected chi connectivity index (χ2v) is 4.98. The van der Waals surface area contributed by atoms with Crippen molar-refractivity contribution in [3.05, 3.63) is 63.9 Å². The number of thioether (sulfide) groups is 1. The molecule has 0 aromatic rings. The largest absolute Gasteiger partial charge is 0.344 e. The summed E-state index contributed by atoms with van der Waals surface area (Å²) in [5.41, 5.74) is 5.42. The topological polar surface area (TPSA) is 3.24 Å². The van der Waals surface area contributed by atoms with Crippen molar-refractivity contribution in [3.63, 3.8) is 0 Å². The van der Waals surface area contributed by atoms with Crippen LogP contribution in [0.2, 0.25) is 0 Å². The summed E-state index contributed by atoms with van der Waals surface area (Å²) in [7, 11) is 0. The van der Waals surface area contributed by atoms with Crippen LogP contribution in [0.5, 0.6) is 0 Å². The van der Waals surface area contributed by atoms with E-state index in [0.717, 1.165) is 6.54 Å². The van der Waals surface area contributed by atoms with Crippen molar-refractivity contribution in [2.24, 2.45) is 0 Å². The van der Waals surface area contributed by atoms with Crippen LogP contribution in [0.4, 0.5) is 0 Å². The molecule has 0 unspecified atom stereocenters. The molecule has 0 saturated carbocycles. The summed E-state index contributed by atoms with van der Waals surface area (Å²) in [4.78, 5) is 4.81. The van der Waals surface area contributed by atoms with Crippen molar-refractivity contribution in [3.8, 4) is 0 Å². The first-order valence-electron chi connectivity index (χ1n) is 6.21. The molecule has 96 valence electrons. The van der Waals surface area contributed by atoms with Crippen molar-refractivity contribution in [1.29, 1.82) is 0 Å². The average molecular weight is 259 g/mol. The highest BCUT2D eigenvalue weighted by atomic mass is 32.2. The zero-order valence-electron chi connectivity index (χ0n) is 11.7. The maximum atomic E-state index is 3.69. The van der Waals surface area contributed by atoms with E-state index in [0.29, 0.717) is 0 Å². The van der Waals surface area contributed by atoms with Gasteiger partial charge in [-0.15, -0.1) is 5.73 Å². The quantitative estimate of drug-likeness (QED) is 0.654. The van der Waals surface area contributed by atoms with Crippen molar-refractivity contribution < 1.29 is 0 Å². The summed E-state index contributed by atoms with van der Waals surface area (Å²) in [6, 6.07) is 0. The lowest BCUT2D eigenvalue weighted by atomic mass is 10.2. The van der Waals surface area contributed by atoms with E-state index in [-0.39, 0.29) is 0 Å². The van der Waals surface area contributed by atoms with Gasteiger partial charge in [0.15, 0.2) is 0 Å². The molecule has 0 aromatic heterocycles. The fourth-order valence-corrected chi connectivity index (χ4v) is 3.05. The van der Waals surface area contributed by atoms with E-state index in [4.69, 9.17) is 0 Å². The zero-order chi connectivity index (χ0) is 13.5. The Balaban J connectivity index is 3.33. The van der Waals surface area contributed by atoms with Gasteiger partial charge in [-0.2, -0.15) is 0 Å². The lowest BCUT2D eigenvalue weighted by molar-refractivity contribution is 0.461. The number of allylic oxidation sites excluding steroid dienone is 6. The Hall–Kier alpha value is -1.37. The Morgan fingerprint density at radius 3 is 2.39 bits per heavy atom. The molecule has 0 spiro atoms. The summed E-state index contributed by atoms with van der Waals surface area (Å²) in [5, 5.41) is 0. The van der Waals surface area contributed by atoms with E-state index >= 15 is 0 Å². The van der Waals surface area contributed by atoms with Crippen LogP contribution in [0.15, 0.2) is 63.9 Å². The van der Waals surface area contributed by atoms with E-state index in [1.54, 1.807) is 11.8 Å². The second-order valence-electron chi connectivity index (χ2n) is 3.89. The summed E-state index contributed by atoms with van der Waals surface area (Å²) in [6.45, 7) is 13.1. The van der Waals surface area contributed by atoms with Gasteiger partial charge in [0.25, 0.3) is 0 Å². The van der Waals surface area contributed by atoms with Gasteiger partial charge in [0, 0.05) is 22.1 Å². The number of hydrogen-bond acceptors (Lipinski definition) is 2. The van der Waals surface area contributed by atoms with E-state index in [2.05, 4.69) is 55.4 Å². The fourth-order valence-electron chi connectivity index (χ4n) is 1.93. The standard InChI is InChI=1S/C16H21NS/c1-6-10-14-16(12-8-3)18-15(11-7-2)13(5)17(14)9-4/h6-7,10-12H,3,9H2,1-2,4-5H3/b10-6-,11-7-. The maximum Gasteiger partial charge on any atom is 0.0553 e. The molecule has 1 nitrogen and oxygen atoms in total. The average Bonchev–Trinajstić information content (AvgIpc) is 2.36. The highest BCUT2D eigenvalue weighted by Gasteiger charge is 2.20. The highest BCUT2D eigenvalue weighted by molar-refractivity contribution is 8.07. The first-order valence-corrected chi connectivity index (χ1v) is 7.02. The zero-order valence-corrected chi connectivity index (χ0v) is 12.5. The van der Waals surface area contributed by atoms with Crippen LogP contribution in [0.1, 0.15) is 27.7 Å². The lowest BCUT2D eigenvalue weighted by Gasteiger charge is -2.32. The van der Waals surface area contributed by atoms with Gasteiger partial charge in [-0.1, -0.05) is 36.6 Å². The Bertz CT molecular complexity index is 471. The van der Waals surface area contributed by atoms with Gasteiger partial charge in [-0.05, 0) is 39.8 Å². The molecule has 0 radical (unpaired) electrons. The summed E-state index contributed by atoms with van der Waals surface area (Å²) in [5.74, 6) is 0. The Labute approximate surface area is 115 Å². The molecule has 0 saturated heterocycles. The Kier molecular flexibility index (Phi) is 5.84. The van der Waals surface area contributed by atoms with Crippen LogP contribution in [-0.2, 0) is 0 Å². The third kappa shape index (κ3) is 3.10. The van der Waals surface area contributed by atoms with E-state index in [9.17, 15) is 0 Å². The van der Waals surface area contributed by atoms with E-state index in [1.165, 1.54) is 21.2 Å². The van der Waals surface area contributed by atoms with Crippen LogP contribution >= 0.6 is 11.8 Å². The maximum absolute atomic E-state index is 3.69. The molecule has 1 aliphatic heterocycles. The van der Waals surface area contributed by atoms with Crippen LogP contribution in [0, 0.1) is 0 Å². The van der Waals surface area contributed by atoms with Crippen molar-refractivity contribution in [2.45, 2.75) is 27.7 Å². The van der Waals surface area contributed by atoms with E-state index in [1.807, 2.05) is 19.9 Å². The lowest BCUT2D eigenvalue weighted by Crippen LogP contribution is -2.23. The molecule has 0 bridgehead atoms. The monoisotopic (exact) mass is 259 g/mol. The summed E-state index contributed by atoms with van der Waals surface area (Å²) < 4.78 is 0. The number of hydrogen-bond donors (Lipinski definition) is 0. The molecule has 18 heavy (non-hydrogen) atoms. The van der Waals surface area contributed by atoms with Gasteiger partial charge in [0.2, 0.25) is 0 Å². The molecule has 0 fully saturated rings. The van der Waals surface area contributed by atoms with Crippen molar-refractivity contribution >= 4 is 11.8 Å². The first-order chi connectivity index (χ1) is 8.69. The molecule has 0 aliphatic carbocycles. The molecule has 0 atom stereocenters. The fraction of sp³-hybridized carbons (Fsp3) is 0.312. The molecule has 1 rings (SSSR count). The number of likely N-dealkylation sites (N-methyl/N-ethyl adjacent to an activating group) is 1. The molecule has 2 heteroatoms. The summed E-state index contributed by atoms with van der Waals surface area (Å²) in [6.07, 6.45) is 10.4. The van der Waals surface area contributed by atoms with Gasteiger partial charge in [0.05, 0.1) is 5.70 Å². The second kappa shape index (κ2) is 7.15. The Morgan fingerprint density at radius 2 is 1.89 bits per heavy atom. The first kappa shape index (κ1) is 14.7. The molecule has 1 aliphatic rings. The molecule has 0 N–H and O–H groups in total. The minimum Gasteiger partial charge on any atom is -0.344 e. The predicted octanol–water partition coefficient (Wildman–Crippen LogP) is 4.99.